The van der Waals surface area contributed by atoms with E-state index in [2.05, 4.69) is 10.6 Å². The van der Waals surface area contributed by atoms with Crippen LogP contribution in [0.15, 0.2) is 0 Å². The molecule has 1 fully saturated rings. The molecule has 1 unspecified atom stereocenters. The molecule has 0 aliphatic carbocycles. The van der Waals surface area contributed by atoms with Gasteiger partial charge in [-0.05, 0) is 33.2 Å². The van der Waals surface area contributed by atoms with Crippen molar-refractivity contribution in [3.63, 3.8) is 0 Å². The number of nitrogens with one attached hydrogen (secondary N) is 2. The first-order chi connectivity index (χ1) is 7.69. The van der Waals surface area contributed by atoms with E-state index in [1.54, 1.807) is 4.90 Å². The maximum atomic E-state index is 12.0. The second-order valence-electron chi connectivity index (χ2n) is 3.95. The summed E-state index contributed by atoms with van der Waals surface area (Å²) in [6.45, 7) is 6.01. The molecule has 0 saturated carbocycles. The van der Waals surface area contributed by atoms with Gasteiger partial charge < -0.3 is 15.5 Å². The molecule has 2 N–H and O–H groups in total. The Labute approximate surface area is 96.6 Å². The Morgan fingerprint density at radius 2 is 2.19 bits per heavy atom. The summed E-state index contributed by atoms with van der Waals surface area (Å²) < 4.78 is 0. The number of carbonyl (C=O) groups is 2. The van der Waals surface area contributed by atoms with Crippen molar-refractivity contribution in [1.29, 1.82) is 0 Å². The molecule has 5 heteroatoms. The fourth-order valence-electron chi connectivity index (χ4n) is 1.89. The molecule has 0 aromatic carbocycles. The third-order valence-corrected chi connectivity index (χ3v) is 2.76. The Morgan fingerprint density at radius 1 is 1.44 bits per heavy atom. The molecular weight excluding hydrogens is 206 g/mol. The molecular formula is C11H21N3O2. The molecule has 1 heterocycles. The van der Waals surface area contributed by atoms with Crippen LogP contribution in [-0.4, -0.2) is 48.9 Å². The molecule has 1 saturated heterocycles. The van der Waals surface area contributed by atoms with Crippen LogP contribution < -0.4 is 10.6 Å². The number of likely N-dealkylation sites (N-methyl/N-ethyl adjacent to an activating group) is 2. The normalized spacial score (nSPS) is 19.5. The van der Waals surface area contributed by atoms with Crippen molar-refractivity contribution in [2.75, 3.05) is 26.2 Å². The van der Waals surface area contributed by atoms with E-state index in [1.165, 1.54) is 0 Å². The second kappa shape index (κ2) is 6.48. The van der Waals surface area contributed by atoms with Gasteiger partial charge >= 0.3 is 0 Å². The minimum atomic E-state index is -0.0885. The summed E-state index contributed by atoms with van der Waals surface area (Å²) in [5.41, 5.74) is 0. The van der Waals surface area contributed by atoms with Crippen molar-refractivity contribution < 1.29 is 9.59 Å². The van der Waals surface area contributed by atoms with Crippen molar-refractivity contribution in [2.24, 2.45) is 0 Å². The molecule has 16 heavy (non-hydrogen) atoms. The van der Waals surface area contributed by atoms with E-state index in [-0.39, 0.29) is 24.4 Å². The fraction of sp³-hybridized carbons (Fsp3) is 0.818. The molecule has 1 rings (SSSR count). The predicted octanol–water partition coefficient (Wildman–Crippen LogP) is -0.277. The minimum Gasteiger partial charge on any atom is -0.355 e. The van der Waals surface area contributed by atoms with E-state index in [0.29, 0.717) is 13.1 Å². The van der Waals surface area contributed by atoms with Gasteiger partial charge in [0.15, 0.2) is 0 Å². The number of hydrogen-bond donors (Lipinski definition) is 2. The minimum absolute atomic E-state index is 0.0475. The molecule has 1 aliphatic rings. The summed E-state index contributed by atoms with van der Waals surface area (Å²) in [4.78, 5) is 25.0. The van der Waals surface area contributed by atoms with E-state index in [1.807, 2.05) is 13.8 Å². The van der Waals surface area contributed by atoms with Crippen LogP contribution in [0.3, 0.4) is 0 Å². The van der Waals surface area contributed by atoms with Gasteiger partial charge in [-0.3, -0.25) is 9.59 Å². The highest BCUT2D eigenvalue weighted by molar-refractivity contribution is 5.87. The molecule has 0 spiro atoms. The van der Waals surface area contributed by atoms with E-state index in [0.717, 1.165) is 19.4 Å². The largest absolute Gasteiger partial charge is 0.355 e. The van der Waals surface area contributed by atoms with Crippen LogP contribution in [0.25, 0.3) is 0 Å². The van der Waals surface area contributed by atoms with Gasteiger partial charge in [-0.1, -0.05) is 0 Å². The highest BCUT2D eigenvalue weighted by atomic mass is 16.2. The molecule has 5 nitrogen and oxygen atoms in total. The molecule has 0 aromatic rings. The Morgan fingerprint density at radius 3 is 2.69 bits per heavy atom. The van der Waals surface area contributed by atoms with Crippen LogP contribution in [0.5, 0.6) is 0 Å². The summed E-state index contributed by atoms with van der Waals surface area (Å²) in [5.74, 6) is -0.0399. The summed E-state index contributed by atoms with van der Waals surface area (Å²) in [7, 11) is 0. The third-order valence-electron chi connectivity index (χ3n) is 2.76. The summed E-state index contributed by atoms with van der Waals surface area (Å²) in [6.07, 6.45) is 1.92. The van der Waals surface area contributed by atoms with Gasteiger partial charge in [-0.15, -0.1) is 0 Å². The number of carbonyl (C=O) groups excluding carboxylic acids is 2. The quantitative estimate of drug-likeness (QED) is 0.679. The smallest absolute Gasteiger partial charge is 0.240 e. The zero-order valence-electron chi connectivity index (χ0n) is 10.1. The average Bonchev–Trinajstić information content (AvgIpc) is 2.78. The van der Waals surface area contributed by atoms with Crippen LogP contribution in [0, 0.1) is 0 Å². The highest BCUT2D eigenvalue weighted by Gasteiger charge is 2.26. The van der Waals surface area contributed by atoms with Crippen LogP contribution in [-0.2, 0) is 9.59 Å². The predicted molar refractivity (Wildman–Crippen MR) is 62.0 cm³/mol. The first-order valence-electron chi connectivity index (χ1n) is 5.97. The zero-order valence-corrected chi connectivity index (χ0v) is 10.1. The Bertz CT molecular complexity index is 250. The van der Waals surface area contributed by atoms with Crippen LogP contribution in [0.4, 0.5) is 0 Å². The van der Waals surface area contributed by atoms with Crippen molar-refractivity contribution in [1.82, 2.24) is 15.5 Å². The van der Waals surface area contributed by atoms with Gasteiger partial charge in [0.05, 0.1) is 12.6 Å². The lowest BCUT2D eigenvalue weighted by Gasteiger charge is -2.23. The van der Waals surface area contributed by atoms with Crippen molar-refractivity contribution in [3.8, 4) is 0 Å². The molecule has 0 radical (unpaired) electrons. The monoisotopic (exact) mass is 227 g/mol. The highest BCUT2D eigenvalue weighted by Crippen LogP contribution is 2.08. The van der Waals surface area contributed by atoms with Gasteiger partial charge in [0, 0.05) is 13.1 Å². The van der Waals surface area contributed by atoms with Crippen molar-refractivity contribution in [3.05, 3.63) is 0 Å². The van der Waals surface area contributed by atoms with E-state index >= 15 is 0 Å². The van der Waals surface area contributed by atoms with Gasteiger partial charge in [-0.2, -0.15) is 0 Å². The lowest BCUT2D eigenvalue weighted by Crippen LogP contribution is -2.47. The number of hydrogen-bond acceptors (Lipinski definition) is 3. The van der Waals surface area contributed by atoms with Crippen molar-refractivity contribution >= 4 is 11.8 Å². The van der Waals surface area contributed by atoms with Crippen LogP contribution >= 0.6 is 0 Å². The second-order valence-corrected chi connectivity index (χ2v) is 3.95. The Kier molecular flexibility index (Phi) is 5.25. The molecule has 1 aliphatic heterocycles. The number of rotatable bonds is 5. The maximum Gasteiger partial charge on any atom is 0.240 e. The molecule has 1 atom stereocenters. The lowest BCUT2D eigenvalue weighted by molar-refractivity contribution is -0.137. The first kappa shape index (κ1) is 13.0. The summed E-state index contributed by atoms with van der Waals surface area (Å²) in [6, 6.07) is -0.0885. The standard InChI is InChI=1S/C11H21N3O2/c1-3-12-10(15)8-14(4-2)11(16)9-6-5-7-13-9/h9,13H,3-8H2,1-2H3,(H,12,15). The molecule has 0 bridgehead atoms. The van der Waals surface area contributed by atoms with E-state index in [9.17, 15) is 9.59 Å². The molecule has 92 valence electrons. The maximum absolute atomic E-state index is 12.0. The average molecular weight is 227 g/mol. The van der Waals surface area contributed by atoms with Gasteiger partial charge in [0.1, 0.15) is 0 Å². The SMILES string of the molecule is CCNC(=O)CN(CC)C(=O)C1CCCN1. The van der Waals surface area contributed by atoms with E-state index in [4.69, 9.17) is 0 Å². The third kappa shape index (κ3) is 3.48. The molecule has 0 aromatic heterocycles. The van der Waals surface area contributed by atoms with Gasteiger partial charge in [0.25, 0.3) is 0 Å². The Hall–Kier alpha value is -1.10. The summed E-state index contributed by atoms with van der Waals surface area (Å²) >= 11 is 0. The fourth-order valence-corrected chi connectivity index (χ4v) is 1.89. The summed E-state index contributed by atoms with van der Waals surface area (Å²) in [5, 5.41) is 5.86. The van der Waals surface area contributed by atoms with Crippen LogP contribution in [0.2, 0.25) is 0 Å². The zero-order chi connectivity index (χ0) is 12.0. The Balaban J connectivity index is 2.45. The molecule has 2 amide bonds. The number of nitrogens with zero attached hydrogens (tertiary/aromatic N) is 1. The van der Waals surface area contributed by atoms with Crippen LogP contribution in [0.1, 0.15) is 26.7 Å². The first-order valence-corrected chi connectivity index (χ1v) is 5.97. The number of amides is 2. The van der Waals surface area contributed by atoms with Crippen molar-refractivity contribution in [2.45, 2.75) is 32.7 Å². The van der Waals surface area contributed by atoms with Gasteiger partial charge in [-0.25, -0.2) is 0 Å². The lowest BCUT2D eigenvalue weighted by atomic mass is 10.2. The van der Waals surface area contributed by atoms with Gasteiger partial charge in [0.2, 0.25) is 11.8 Å². The van der Waals surface area contributed by atoms with E-state index < -0.39 is 0 Å². The topological polar surface area (TPSA) is 61.4 Å².